The lowest BCUT2D eigenvalue weighted by Gasteiger charge is -2.09. The smallest absolute Gasteiger partial charge is 0.322 e. The molecule has 1 heterocycles. The van der Waals surface area contributed by atoms with Gasteiger partial charge in [0, 0.05) is 22.4 Å². The van der Waals surface area contributed by atoms with Crippen LogP contribution in [0.1, 0.15) is 10.4 Å². The Morgan fingerprint density at radius 2 is 1.29 bits per heavy atom. The Morgan fingerprint density at radius 3 is 1.88 bits per heavy atom. The zero-order chi connectivity index (χ0) is 16.8. The highest BCUT2D eigenvalue weighted by Gasteiger charge is 2.07. The van der Waals surface area contributed by atoms with Crippen LogP contribution in [0.3, 0.4) is 0 Å². The number of benzene rings is 2. The first-order chi connectivity index (χ1) is 11.7. The number of carbonyl (C=O) groups excluding carboxylic acids is 2. The molecular weight excluding hydrogens is 322 g/mol. The quantitative estimate of drug-likeness (QED) is 0.649. The summed E-state index contributed by atoms with van der Waals surface area (Å²) in [5.74, 6) is -0.154. The summed E-state index contributed by atoms with van der Waals surface area (Å²) in [5.41, 5.74) is 2.65. The molecule has 0 radical (unpaired) electrons. The van der Waals surface area contributed by atoms with E-state index >= 15 is 0 Å². The van der Waals surface area contributed by atoms with Crippen molar-refractivity contribution in [3.63, 3.8) is 0 Å². The van der Waals surface area contributed by atoms with Crippen molar-refractivity contribution in [2.75, 3.05) is 16.0 Å². The number of amides is 3. The average molecular weight is 337 g/mol. The lowest BCUT2D eigenvalue weighted by atomic mass is 10.2. The van der Waals surface area contributed by atoms with Gasteiger partial charge in [-0.25, -0.2) is 4.79 Å². The van der Waals surface area contributed by atoms with Crippen molar-refractivity contribution in [1.82, 2.24) is 0 Å². The number of anilines is 3. The topological polar surface area (TPSA) is 70.2 Å². The van der Waals surface area contributed by atoms with Gasteiger partial charge in [-0.05, 0) is 47.8 Å². The Morgan fingerprint density at radius 1 is 0.708 bits per heavy atom. The maximum absolute atomic E-state index is 12.0. The van der Waals surface area contributed by atoms with Crippen molar-refractivity contribution in [1.29, 1.82) is 0 Å². The number of thiophene rings is 1. The van der Waals surface area contributed by atoms with Gasteiger partial charge in [0.2, 0.25) is 0 Å². The maximum Gasteiger partial charge on any atom is 0.323 e. The Balaban J connectivity index is 1.56. The van der Waals surface area contributed by atoms with Crippen molar-refractivity contribution >= 4 is 40.3 Å². The van der Waals surface area contributed by atoms with E-state index in [2.05, 4.69) is 16.0 Å². The fraction of sp³-hybridized carbons (Fsp3) is 0. The minimum Gasteiger partial charge on any atom is -0.322 e. The van der Waals surface area contributed by atoms with Crippen LogP contribution in [0.25, 0.3) is 0 Å². The van der Waals surface area contributed by atoms with Crippen molar-refractivity contribution < 1.29 is 9.59 Å². The number of nitrogens with one attached hydrogen (secondary N) is 3. The minimum atomic E-state index is -0.323. The van der Waals surface area contributed by atoms with E-state index in [0.717, 1.165) is 5.69 Å². The molecule has 120 valence electrons. The highest BCUT2D eigenvalue weighted by atomic mass is 32.1. The summed E-state index contributed by atoms with van der Waals surface area (Å²) >= 11 is 1.47. The zero-order valence-electron chi connectivity index (χ0n) is 12.7. The average Bonchev–Trinajstić information content (AvgIpc) is 3.12. The van der Waals surface area contributed by atoms with Crippen LogP contribution in [-0.2, 0) is 0 Å². The molecule has 0 fully saturated rings. The molecule has 3 aromatic rings. The molecule has 0 bridgehead atoms. The highest BCUT2D eigenvalue weighted by molar-refractivity contribution is 7.08. The fourth-order valence-electron chi connectivity index (χ4n) is 2.05. The lowest BCUT2D eigenvalue weighted by molar-refractivity contribution is 0.102. The van der Waals surface area contributed by atoms with Gasteiger partial charge in [-0.3, -0.25) is 4.79 Å². The number of hydrogen-bond acceptors (Lipinski definition) is 3. The van der Waals surface area contributed by atoms with Crippen LogP contribution in [0.5, 0.6) is 0 Å². The number of urea groups is 1. The summed E-state index contributed by atoms with van der Waals surface area (Å²) in [6, 6.07) is 17.6. The number of carbonyl (C=O) groups is 2. The van der Waals surface area contributed by atoms with Crippen LogP contribution in [0.15, 0.2) is 71.4 Å². The predicted molar refractivity (Wildman–Crippen MR) is 97.8 cm³/mol. The van der Waals surface area contributed by atoms with E-state index in [1.807, 2.05) is 35.7 Å². The van der Waals surface area contributed by atoms with Gasteiger partial charge in [0.1, 0.15) is 0 Å². The summed E-state index contributed by atoms with van der Waals surface area (Å²) in [7, 11) is 0. The molecule has 0 spiro atoms. The standard InChI is InChI=1S/C18H15N3O2S/c22-17(13-10-11-24-12-13)19-15-6-8-16(9-7-15)21-18(23)20-14-4-2-1-3-5-14/h1-12H,(H,19,22)(H2,20,21,23). The zero-order valence-corrected chi connectivity index (χ0v) is 13.5. The van der Waals surface area contributed by atoms with E-state index in [9.17, 15) is 9.59 Å². The van der Waals surface area contributed by atoms with E-state index in [1.54, 1.807) is 35.7 Å². The molecule has 24 heavy (non-hydrogen) atoms. The molecule has 1 aromatic heterocycles. The van der Waals surface area contributed by atoms with Gasteiger partial charge >= 0.3 is 6.03 Å². The van der Waals surface area contributed by atoms with Crippen LogP contribution in [0.2, 0.25) is 0 Å². The Kier molecular flexibility index (Phi) is 4.88. The third-order valence-corrected chi connectivity index (χ3v) is 3.90. The molecule has 0 saturated heterocycles. The monoisotopic (exact) mass is 337 g/mol. The summed E-state index contributed by atoms with van der Waals surface area (Å²) < 4.78 is 0. The van der Waals surface area contributed by atoms with Gasteiger partial charge in [-0.15, -0.1) is 0 Å². The van der Waals surface area contributed by atoms with Gasteiger partial charge in [-0.1, -0.05) is 18.2 Å². The van der Waals surface area contributed by atoms with E-state index in [0.29, 0.717) is 16.9 Å². The molecule has 0 aliphatic carbocycles. The molecular formula is C18H15N3O2S. The van der Waals surface area contributed by atoms with Gasteiger partial charge < -0.3 is 16.0 Å². The first-order valence-electron chi connectivity index (χ1n) is 7.27. The largest absolute Gasteiger partial charge is 0.323 e. The van der Waals surface area contributed by atoms with Crippen LogP contribution in [-0.4, -0.2) is 11.9 Å². The Labute approximate surface area is 143 Å². The molecule has 0 saturated carbocycles. The Bertz CT molecular complexity index is 815. The van der Waals surface area contributed by atoms with Gasteiger partial charge in [0.05, 0.1) is 5.56 Å². The second-order valence-electron chi connectivity index (χ2n) is 4.99. The normalized spacial score (nSPS) is 10.0. The SMILES string of the molecule is O=C(Nc1ccccc1)Nc1ccc(NC(=O)c2ccsc2)cc1. The first kappa shape index (κ1) is 15.8. The van der Waals surface area contributed by atoms with Crippen molar-refractivity contribution in [2.24, 2.45) is 0 Å². The lowest BCUT2D eigenvalue weighted by Crippen LogP contribution is -2.19. The molecule has 2 aromatic carbocycles. The minimum absolute atomic E-state index is 0.154. The molecule has 3 rings (SSSR count). The number of hydrogen-bond donors (Lipinski definition) is 3. The molecule has 0 aliphatic rings. The van der Waals surface area contributed by atoms with E-state index in [4.69, 9.17) is 0 Å². The van der Waals surface area contributed by atoms with Crippen molar-refractivity contribution in [3.05, 3.63) is 77.0 Å². The summed E-state index contributed by atoms with van der Waals surface area (Å²) in [5, 5.41) is 11.9. The summed E-state index contributed by atoms with van der Waals surface area (Å²) in [6.07, 6.45) is 0. The molecule has 3 amide bonds. The molecule has 0 unspecified atom stereocenters. The van der Waals surface area contributed by atoms with Crippen LogP contribution in [0.4, 0.5) is 21.9 Å². The fourth-order valence-corrected chi connectivity index (χ4v) is 2.68. The van der Waals surface area contributed by atoms with Crippen LogP contribution in [0, 0.1) is 0 Å². The Hall–Kier alpha value is -3.12. The second kappa shape index (κ2) is 7.43. The van der Waals surface area contributed by atoms with Gasteiger partial charge in [0.25, 0.3) is 5.91 Å². The number of rotatable bonds is 4. The second-order valence-corrected chi connectivity index (χ2v) is 5.77. The summed E-state index contributed by atoms with van der Waals surface area (Å²) in [6.45, 7) is 0. The highest BCUT2D eigenvalue weighted by Crippen LogP contribution is 2.16. The van der Waals surface area contributed by atoms with E-state index in [1.165, 1.54) is 11.3 Å². The molecule has 0 aliphatic heterocycles. The van der Waals surface area contributed by atoms with Crippen molar-refractivity contribution in [3.8, 4) is 0 Å². The first-order valence-corrected chi connectivity index (χ1v) is 8.22. The predicted octanol–water partition coefficient (Wildman–Crippen LogP) is 4.64. The van der Waals surface area contributed by atoms with Crippen LogP contribution < -0.4 is 16.0 Å². The van der Waals surface area contributed by atoms with Crippen molar-refractivity contribution in [2.45, 2.75) is 0 Å². The van der Waals surface area contributed by atoms with Gasteiger partial charge in [-0.2, -0.15) is 11.3 Å². The number of para-hydroxylation sites is 1. The van der Waals surface area contributed by atoms with E-state index < -0.39 is 0 Å². The third-order valence-electron chi connectivity index (χ3n) is 3.22. The molecule has 0 atom stereocenters. The van der Waals surface area contributed by atoms with Crippen LogP contribution >= 0.6 is 11.3 Å². The third kappa shape index (κ3) is 4.21. The molecule has 5 nitrogen and oxygen atoms in total. The molecule has 6 heteroatoms. The van der Waals surface area contributed by atoms with Gasteiger partial charge in [0.15, 0.2) is 0 Å². The molecule has 3 N–H and O–H groups in total. The van der Waals surface area contributed by atoms with E-state index in [-0.39, 0.29) is 11.9 Å². The maximum atomic E-state index is 12.0. The summed E-state index contributed by atoms with van der Waals surface area (Å²) in [4.78, 5) is 23.9.